The fraction of sp³-hybridized carbons (Fsp3) is 0.300. The van der Waals surface area contributed by atoms with Crippen LogP contribution in [0, 0.1) is 0 Å². The molecule has 0 bridgehead atoms. The molecule has 0 fully saturated rings. The van der Waals surface area contributed by atoms with E-state index in [4.69, 9.17) is 0 Å². The van der Waals surface area contributed by atoms with Gasteiger partial charge in [0.1, 0.15) is 5.78 Å². The van der Waals surface area contributed by atoms with E-state index in [1.54, 1.807) is 0 Å². The lowest BCUT2D eigenvalue weighted by Crippen LogP contribution is -2.06. The van der Waals surface area contributed by atoms with Gasteiger partial charge in [0.25, 0.3) is 0 Å². The molecule has 0 aliphatic rings. The fourth-order valence-electron chi connectivity index (χ4n) is 2.62. The molecule has 0 aromatic heterocycles. The molecule has 2 aromatic rings. The van der Waals surface area contributed by atoms with Crippen LogP contribution in [0.25, 0.3) is 0 Å². The normalized spacial score (nSPS) is 11.3. The summed E-state index contributed by atoms with van der Waals surface area (Å²) >= 11 is 0. The highest BCUT2D eigenvalue weighted by molar-refractivity contribution is 7.90. The molecule has 2 aromatic carbocycles. The zero-order valence-electron chi connectivity index (χ0n) is 14.5. The number of ketones is 2. The summed E-state index contributed by atoms with van der Waals surface area (Å²) in [6.07, 6.45) is 3.14. The third-order valence-electron chi connectivity index (χ3n) is 3.89. The highest BCUT2D eigenvalue weighted by Gasteiger charge is 2.11. The molecule has 25 heavy (non-hydrogen) atoms. The molecule has 0 amide bonds. The number of hydrogen-bond donors (Lipinski definition) is 0. The van der Waals surface area contributed by atoms with E-state index in [0.717, 1.165) is 23.8 Å². The predicted octanol–water partition coefficient (Wildman–Crippen LogP) is 3.43. The van der Waals surface area contributed by atoms with E-state index in [0.29, 0.717) is 18.4 Å². The van der Waals surface area contributed by atoms with Crippen LogP contribution in [0.15, 0.2) is 53.4 Å². The van der Waals surface area contributed by atoms with Crippen molar-refractivity contribution in [2.45, 2.75) is 37.5 Å². The first kappa shape index (κ1) is 19.1. The maximum absolute atomic E-state index is 12.4. The second-order valence-electron chi connectivity index (χ2n) is 6.18. The Bertz CT molecular complexity index is 865. The zero-order valence-corrected chi connectivity index (χ0v) is 15.3. The van der Waals surface area contributed by atoms with Crippen molar-refractivity contribution < 1.29 is 18.0 Å². The van der Waals surface area contributed by atoms with Crippen molar-refractivity contribution in [3.05, 3.63) is 65.2 Å². The van der Waals surface area contributed by atoms with E-state index in [9.17, 15) is 18.0 Å². The Kier molecular flexibility index (Phi) is 6.26. The lowest BCUT2D eigenvalue weighted by Gasteiger charge is -2.06. The Morgan fingerprint density at radius 2 is 1.52 bits per heavy atom. The summed E-state index contributed by atoms with van der Waals surface area (Å²) in [4.78, 5) is 24.4. The molecule has 0 radical (unpaired) electrons. The lowest BCUT2D eigenvalue weighted by atomic mass is 9.99. The summed E-state index contributed by atoms with van der Waals surface area (Å²) in [7, 11) is -3.27. The van der Waals surface area contributed by atoms with Gasteiger partial charge in [-0.15, -0.1) is 0 Å². The molecule has 0 aliphatic carbocycles. The van der Waals surface area contributed by atoms with Crippen LogP contribution in [0.1, 0.15) is 41.3 Å². The molecule has 5 heteroatoms. The van der Waals surface area contributed by atoms with Gasteiger partial charge in [0.05, 0.1) is 4.90 Å². The molecule has 0 unspecified atom stereocenters. The zero-order chi connectivity index (χ0) is 18.4. The minimum absolute atomic E-state index is 0.0860. The van der Waals surface area contributed by atoms with Gasteiger partial charge in [-0.1, -0.05) is 43.3 Å². The molecule has 0 spiro atoms. The number of Topliss-reactive ketones (excluding diaryl/α,β-unsaturated/α-hetero) is 2. The van der Waals surface area contributed by atoms with Crippen molar-refractivity contribution in [3.63, 3.8) is 0 Å². The molecule has 4 nitrogen and oxygen atoms in total. The Morgan fingerprint density at radius 3 is 2.08 bits per heavy atom. The summed E-state index contributed by atoms with van der Waals surface area (Å²) in [5.74, 6) is 0.111. The number of carbonyl (C=O) groups is 2. The first-order chi connectivity index (χ1) is 11.8. The molecule has 0 saturated carbocycles. The van der Waals surface area contributed by atoms with Crippen LogP contribution >= 0.6 is 0 Å². The third kappa shape index (κ3) is 5.64. The van der Waals surface area contributed by atoms with Gasteiger partial charge >= 0.3 is 0 Å². The average Bonchev–Trinajstić information content (AvgIpc) is 2.54. The molecule has 0 heterocycles. The van der Waals surface area contributed by atoms with Crippen LogP contribution in [0.4, 0.5) is 0 Å². The topological polar surface area (TPSA) is 68.3 Å². The van der Waals surface area contributed by atoms with Crippen LogP contribution in [-0.2, 0) is 27.5 Å². The van der Waals surface area contributed by atoms with Crippen LogP contribution in [0.2, 0.25) is 0 Å². The quantitative estimate of drug-likeness (QED) is 0.678. The molecule has 0 saturated heterocycles. The van der Waals surface area contributed by atoms with Gasteiger partial charge in [0.2, 0.25) is 0 Å². The van der Waals surface area contributed by atoms with Crippen molar-refractivity contribution >= 4 is 21.4 Å². The van der Waals surface area contributed by atoms with Gasteiger partial charge in [0.15, 0.2) is 15.6 Å². The van der Waals surface area contributed by atoms with Crippen LogP contribution in [0.3, 0.4) is 0 Å². The van der Waals surface area contributed by atoms with Crippen molar-refractivity contribution in [2.75, 3.05) is 6.26 Å². The van der Waals surface area contributed by atoms with Gasteiger partial charge in [-0.3, -0.25) is 9.59 Å². The summed E-state index contributed by atoms with van der Waals surface area (Å²) in [6.45, 7) is 1.97. The van der Waals surface area contributed by atoms with Crippen LogP contribution < -0.4 is 0 Å². The fourth-order valence-corrected chi connectivity index (χ4v) is 3.25. The highest BCUT2D eigenvalue weighted by Crippen LogP contribution is 2.14. The van der Waals surface area contributed by atoms with E-state index < -0.39 is 9.84 Å². The smallest absolute Gasteiger partial charge is 0.175 e. The van der Waals surface area contributed by atoms with Crippen molar-refractivity contribution in [2.24, 2.45) is 0 Å². The highest BCUT2D eigenvalue weighted by atomic mass is 32.2. The van der Waals surface area contributed by atoms with Crippen LogP contribution in [0.5, 0.6) is 0 Å². The van der Waals surface area contributed by atoms with E-state index in [2.05, 4.69) is 0 Å². The standard InChI is InChI=1S/C20H22O4S/c1-3-5-18(21)13-15-6-4-7-16(12-15)14-20(22)17-8-10-19(11-9-17)25(2,23)24/h4,6-12H,3,5,13-14H2,1-2H3. The van der Waals surface area contributed by atoms with Gasteiger partial charge < -0.3 is 0 Å². The van der Waals surface area contributed by atoms with Gasteiger partial charge in [-0.05, 0) is 29.7 Å². The number of sulfone groups is 1. The van der Waals surface area contributed by atoms with E-state index in [1.165, 1.54) is 24.3 Å². The Hall–Kier alpha value is -2.27. The summed E-state index contributed by atoms with van der Waals surface area (Å²) in [5.41, 5.74) is 2.23. The summed E-state index contributed by atoms with van der Waals surface area (Å²) < 4.78 is 22.9. The summed E-state index contributed by atoms with van der Waals surface area (Å²) in [6, 6.07) is 13.4. The Balaban J connectivity index is 2.09. The first-order valence-corrected chi connectivity index (χ1v) is 10.1. The Labute approximate surface area is 148 Å². The van der Waals surface area contributed by atoms with Gasteiger partial charge in [-0.2, -0.15) is 0 Å². The molecule has 0 aliphatic heterocycles. The molecular weight excluding hydrogens is 336 g/mol. The Morgan fingerprint density at radius 1 is 0.920 bits per heavy atom. The van der Waals surface area contributed by atoms with E-state index in [-0.39, 0.29) is 22.9 Å². The van der Waals surface area contributed by atoms with Gasteiger partial charge in [0, 0.05) is 31.1 Å². The average molecular weight is 358 g/mol. The van der Waals surface area contributed by atoms with Gasteiger partial charge in [-0.25, -0.2) is 8.42 Å². The number of rotatable bonds is 8. The predicted molar refractivity (Wildman–Crippen MR) is 97.6 cm³/mol. The second-order valence-corrected chi connectivity index (χ2v) is 8.20. The molecule has 132 valence electrons. The monoisotopic (exact) mass is 358 g/mol. The van der Waals surface area contributed by atoms with E-state index >= 15 is 0 Å². The van der Waals surface area contributed by atoms with Crippen molar-refractivity contribution in [1.82, 2.24) is 0 Å². The number of carbonyl (C=O) groups excluding carboxylic acids is 2. The lowest BCUT2D eigenvalue weighted by molar-refractivity contribution is -0.118. The molecule has 2 rings (SSSR count). The maximum Gasteiger partial charge on any atom is 0.175 e. The van der Waals surface area contributed by atoms with Crippen LogP contribution in [-0.4, -0.2) is 26.2 Å². The first-order valence-electron chi connectivity index (χ1n) is 8.22. The summed E-state index contributed by atoms with van der Waals surface area (Å²) in [5, 5.41) is 0. The molecular formula is C20H22O4S. The third-order valence-corrected chi connectivity index (χ3v) is 5.02. The molecule has 0 atom stereocenters. The maximum atomic E-state index is 12.4. The number of benzene rings is 2. The SMILES string of the molecule is CCCC(=O)Cc1cccc(CC(=O)c2ccc(S(C)(=O)=O)cc2)c1. The minimum atomic E-state index is -3.27. The minimum Gasteiger partial charge on any atom is -0.299 e. The largest absolute Gasteiger partial charge is 0.299 e. The number of hydrogen-bond acceptors (Lipinski definition) is 4. The van der Waals surface area contributed by atoms with Crippen molar-refractivity contribution in [1.29, 1.82) is 0 Å². The van der Waals surface area contributed by atoms with Crippen molar-refractivity contribution in [3.8, 4) is 0 Å². The molecule has 0 N–H and O–H groups in total. The second kappa shape index (κ2) is 8.21. The van der Waals surface area contributed by atoms with E-state index in [1.807, 2.05) is 31.2 Å².